The van der Waals surface area contributed by atoms with Gasteiger partial charge in [0.25, 0.3) is 5.91 Å². The van der Waals surface area contributed by atoms with Crippen molar-refractivity contribution in [1.82, 2.24) is 5.32 Å². The van der Waals surface area contributed by atoms with Crippen molar-refractivity contribution >= 4 is 29.6 Å². The van der Waals surface area contributed by atoms with Crippen LogP contribution in [0.4, 0.5) is 10.5 Å². The Morgan fingerprint density at radius 3 is 2.11 bits per heavy atom. The third-order valence-corrected chi connectivity index (χ3v) is 9.21. The van der Waals surface area contributed by atoms with Crippen molar-refractivity contribution < 1.29 is 33.4 Å². The van der Waals surface area contributed by atoms with E-state index in [1.165, 1.54) is 0 Å². The molecule has 2 fully saturated rings. The number of amides is 2. The second-order valence-electron chi connectivity index (χ2n) is 13.0. The number of nitrogens with one attached hydrogen (secondary N) is 1. The number of fused-ring (bicyclic) bond motifs is 2. The standard InChI is InChI=1S/C37H38N2O7/c1-36(2)24-39(29-15-13-28(14-16-29)33(41)44-22-26-9-5-3-6-10-26)32(40)31(36)46-34(42)30-21-25-17-19-37(30,20-18-25)38-35(43)45-23-27-11-7-4-8-12-27/h3-17,19,25,30-31H,18,20-24H2,1-2H3,(H,38,43)/t25-,30+,31+,37-/m1/s1. The van der Waals surface area contributed by atoms with Gasteiger partial charge in [-0.1, -0.05) is 86.7 Å². The molecule has 3 aromatic rings. The molecule has 4 atom stereocenters. The van der Waals surface area contributed by atoms with Crippen LogP contribution >= 0.6 is 0 Å². The smallest absolute Gasteiger partial charge is 0.408 e. The predicted molar refractivity (Wildman–Crippen MR) is 170 cm³/mol. The van der Waals surface area contributed by atoms with Crippen molar-refractivity contribution in [3.8, 4) is 0 Å². The van der Waals surface area contributed by atoms with E-state index in [4.69, 9.17) is 14.2 Å². The van der Waals surface area contributed by atoms with Gasteiger partial charge in [-0.3, -0.25) is 9.59 Å². The lowest BCUT2D eigenvalue weighted by molar-refractivity contribution is -0.166. The van der Waals surface area contributed by atoms with Crippen LogP contribution in [0.3, 0.4) is 0 Å². The lowest BCUT2D eigenvalue weighted by Gasteiger charge is -2.47. The number of esters is 2. The number of ether oxygens (including phenoxy) is 3. The molecule has 7 rings (SSSR count). The minimum absolute atomic E-state index is 0.112. The number of hydrogen-bond donors (Lipinski definition) is 1. The Morgan fingerprint density at radius 2 is 1.50 bits per heavy atom. The van der Waals surface area contributed by atoms with Crippen LogP contribution in [0.25, 0.3) is 0 Å². The van der Waals surface area contributed by atoms with E-state index < -0.39 is 41.0 Å². The summed E-state index contributed by atoms with van der Waals surface area (Å²) in [6.45, 7) is 4.38. The van der Waals surface area contributed by atoms with E-state index >= 15 is 0 Å². The van der Waals surface area contributed by atoms with Crippen molar-refractivity contribution in [2.45, 2.75) is 58.0 Å². The maximum Gasteiger partial charge on any atom is 0.408 e. The molecule has 0 aromatic heterocycles. The summed E-state index contributed by atoms with van der Waals surface area (Å²) < 4.78 is 16.9. The van der Waals surface area contributed by atoms with E-state index in [0.717, 1.165) is 17.5 Å². The number of nitrogens with zero attached hydrogens (tertiary/aromatic N) is 1. The van der Waals surface area contributed by atoms with E-state index in [0.29, 0.717) is 30.6 Å². The molecule has 9 nitrogen and oxygen atoms in total. The van der Waals surface area contributed by atoms with Crippen LogP contribution in [0.15, 0.2) is 97.1 Å². The minimum Gasteiger partial charge on any atom is -0.457 e. The first-order chi connectivity index (χ1) is 22.1. The summed E-state index contributed by atoms with van der Waals surface area (Å²) in [7, 11) is 0. The average Bonchev–Trinajstić information content (AvgIpc) is 3.31. The molecule has 0 unspecified atom stereocenters. The summed E-state index contributed by atoms with van der Waals surface area (Å²) in [5.41, 5.74) is 1.08. The monoisotopic (exact) mass is 622 g/mol. The van der Waals surface area contributed by atoms with Gasteiger partial charge in [0, 0.05) is 17.6 Å². The second-order valence-corrected chi connectivity index (χ2v) is 13.0. The fraction of sp³-hybridized carbons (Fsp3) is 0.351. The number of allylic oxidation sites excluding steroid dienone is 1. The Kier molecular flexibility index (Phi) is 8.67. The van der Waals surface area contributed by atoms with Crippen LogP contribution in [-0.2, 0) is 37.0 Å². The summed E-state index contributed by atoms with van der Waals surface area (Å²) in [5.74, 6) is -1.76. The van der Waals surface area contributed by atoms with E-state index in [9.17, 15) is 19.2 Å². The molecule has 3 aliphatic carbocycles. The van der Waals surface area contributed by atoms with Gasteiger partial charge in [-0.05, 0) is 60.6 Å². The summed E-state index contributed by atoms with van der Waals surface area (Å²) >= 11 is 0. The molecular formula is C37H38N2O7. The second kappa shape index (κ2) is 12.8. The van der Waals surface area contributed by atoms with Crippen LogP contribution < -0.4 is 10.2 Å². The Hall–Kier alpha value is -4.92. The average molecular weight is 623 g/mol. The van der Waals surface area contributed by atoms with Gasteiger partial charge in [0.1, 0.15) is 13.2 Å². The molecule has 0 spiro atoms. The molecule has 9 heteroatoms. The normalized spacial score (nSPS) is 24.3. The van der Waals surface area contributed by atoms with E-state index in [1.54, 1.807) is 29.2 Å². The molecule has 3 aromatic carbocycles. The van der Waals surface area contributed by atoms with Crippen LogP contribution in [0.1, 0.15) is 54.6 Å². The Labute approximate surface area is 268 Å². The molecule has 1 heterocycles. The fourth-order valence-electron chi connectivity index (χ4n) is 6.61. The first-order valence-corrected chi connectivity index (χ1v) is 15.6. The molecule has 2 bridgehead atoms. The highest BCUT2D eigenvalue weighted by Gasteiger charge is 2.54. The number of benzene rings is 3. The highest BCUT2D eigenvalue weighted by atomic mass is 16.6. The number of carbonyl (C=O) groups excluding carboxylic acids is 4. The molecule has 0 radical (unpaired) electrons. The fourth-order valence-corrected chi connectivity index (χ4v) is 6.61. The Balaban J connectivity index is 1.10. The van der Waals surface area contributed by atoms with Crippen LogP contribution in [0, 0.1) is 17.3 Å². The van der Waals surface area contributed by atoms with Gasteiger partial charge >= 0.3 is 18.0 Å². The predicted octanol–water partition coefficient (Wildman–Crippen LogP) is 5.98. The SMILES string of the molecule is CC1(C)CN(c2ccc(C(=O)OCc3ccccc3)cc2)C(=O)[C@@H]1OC(=O)[C@@H]1C[C@@H]2C=C[C@@]1(NC(=O)OCc1ccccc1)CC2. The van der Waals surface area contributed by atoms with E-state index in [2.05, 4.69) is 5.32 Å². The lowest BCUT2D eigenvalue weighted by Crippen LogP contribution is -2.60. The zero-order valence-electron chi connectivity index (χ0n) is 26.0. The van der Waals surface area contributed by atoms with Crippen molar-refractivity contribution in [3.05, 3.63) is 114 Å². The number of carbonyl (C=O) groups is 4. The minimum atomic E-state index is -1.01. The molecule has 2 amide bonds. The zero-order chi connectivity index (χ0) is 32.3. The maximum atomic E-state index is 13.8. The van der Waals surface area contributed by atoms with Gasteiger partial charge in [-0.15, -0.1) is 0 Å². The van der Waals surface area contributed by atoms with Crippen LogP contribution in [-0.4, -0.2) is 42.1 Å². The maximum absolute atomic E-state index is 13.8. The van der Waals surface area contributed by atoms with Crippen molar-refractivity contribution in [3.63, 3.8) is 0 Å². The molecule has 4 aliphatic rings. The van der Waals surface area contributed by atoms with Gasteiger partial charge < -0.3 is 24.4 Å². The van der Waals surface area contributed by atoms with E-state index in [1.807, 2.05) is 86.7 Å². The van der Waals surface area contributed by atoms with Crippen molar-refractivity contribution in [2.75, 3.05) is 11.4 Å². The summed E-state index contributed by atoms with van der Waals surface area (Å²) in [6.07, 6.45) is 4.23. The quantitative estimate of drug-likeness (QED) is 0.178. The molecule has 238 valence electrons. The highest BCUT2D eigenvalue weighted by Crippen LogP contribution is 2.45. The zero-order valence-corrected chi connectivity index (χ0v) is 26.0. The highest BCUT2D eigenvalue weighted by molar-refractivity contribution is 6.01. The van der Waals surface area contributed by atoms with Gasteiger partial charge in [0.05, 0.1) is 17.0 Å². The Bertz CT molecular complexity index is 1620. The van der Waals surface area contributed by atoms with Gasteiger partial charge in [0.15, 0.2) is 6.10 Å². The molecule has 1 saturated carbocycles. The number of alkyl carbamates (subject to hydrolysis) is 1. The summed E-state index contributed by atoms with van der Waals surface area (Å²) in [5, 5.41) is 2.96. The third kappa shape index (κ3) is 6.54. The molecule has 1 aliphatic heterocycles. The molecule has 1 N–H and O–H groups in total. The van der Waals surface area contributed by atoms with Crippen molar-refractivity contribution in [1.29, 1.82) is 0 Å². The van der Waals surface area contributed by atoms with Crippen LogP contribution in [0.5, 0.6) is 0 Å². The van der Waals surface area contributed by atoms with Crippen molar-refractivity contribution in [2.24, 2.45) is 17.3 Å². The molecular weight excluding hydrogens is 584 g/mol. The topological polar surface area (TPSA) is 111 Å². The third-order valence-electron chi connectivity index (χ3n) is 9.21. The summed E-state index contributed by atoms with van der Waals surface area (Å²) in [4.78, 5) is 54.6. The van der Waals surface area contributed by atoms with Gasteiger partial charge in [0.2, 0.25) is 0 Å². The first-order valence-electron chi connectivity index (χ1n) is 15.6. The number of anilines is 1. The Morgan fingerprint density at radius 1 is 0.870 bits per heavy atom. The van der Waals surface area contributed by atoms with Crippen LogP contribution in [0.2, 0.25) is 0 Å². The lowest BCUT2D eigenvalue weighted by atomic mass is 9.64. The first kappa shape index (κ1) is 31.1. The molecule has 46 heavy (non-hydrogen) atoms. The van der Waals surface area contributed by atoms with E-state index in [-0.39, 0.29) is 25.0 Å². The van der Waals surface area contributed by atoms with Gasteiger partial charge in [-0.2, -0.15) is 0 Å². The summed E-state index contributed by atoms with van der Waals surface area (Å²) in [6, 6.07) is 25.4. The number of rotatable bonds is 9. The largest absolute Gasteiger partial charge is 0.457 e. The molecule has 1 saturated heterocycles. The number of hydrogen-bond acceptors (Lipinski definition) is 7. The van der Waals surface area contributed by atoms with Gasteiger partial charge in [-0.25, -0.2) is 9.59 Å².